The minimum absolute atomic E-state index is 0.0731. The lowest BCUT2D eigenvalue weighted by Gasteiger charge is -2.27. The molecule has 8 heteroatoms. The van der Waals surface area contributed by atoms with E-state index in [0.29, 0.717) is 37.6 Å². The maximum absolute atomic E-state index is 14.5. The van der Waals surface area contributed by atoms with Crippen molar-refractivity contribution in [2.24, 2.45) is 0 Å². The summed E-state index contributed by atoms with van der Waals surface area (Å²) < 4.78 is 22.3. The fourth-order valence-electron chi connectivity index (χ4n) is 2.78. The molecule has 1 amide bonds. The summed E-state index contributed by atoms with van der Waals surface area (Å²) in [6.45, 7) is 1.94. The average molecular weight is 452 g/mol. The molecule has 1 saturated heterocycles. The molecule has 25 heavy (non-hydrogen) atoms. The third kappa shape index (κ3) is 3.11. The first kappa shape index (κ1) is 16.4. The van der Waals surface area contributed by atoms with Gasteiger partial charge in [-0.25, -0.2) is 13.9 Å². The third-order valence-corrected chi connectivity index (χ3v) is 4.85. The second kappa shape index (κ2) is 6.68. The van der Waals surface area contributed by atoms with Gasteiger partial charge >= 0.3 is 0 Å². The first-order valence-electron chi connectivity index (χ1n) is 7.81. The summed E-state index contributed by atoms with van der Waals surface area (Å²) >= 11 is 2.14. The van der Waals surface area contributed by atoms with Crippen LogP contribution in [0.5, 0.6) is 0 Å². The number of fused-ring (bicyclic) bond motifs is 1. The molecular weight excluding hydrogens is 438 g/mol. The van der Waals surface area contributed by atoms with E-state index < -0.39 is 5.82 Å². The molecule has 128 valence electrons. The standard InChI is InChI=1S/C17H14FIN4O2/c18-13-9-11(14-3-4-16-20-10-15(19)23(16)21-14)1-2-12(13)17(24)22-5-7-25-8-6-22/h1-4,9-10H,5-8H2. The van der Waals surface area contributed by atoms with Crippen LogP contribution in [0.15, 0.2) is 36.5 Å². The van der Waals surface area contributed by atoms with Crippen LogP contribution < -0.4 is 0 Å². The van der Waals surface area contributed by atoms with Crippen LogP contribution in [0, 0.1) is 9.52 Å². The van der Waals surface area contributed by atoms with Gasteiger partial charge in [0.25, 0.3) is 5.91 Å². The zero-order chi connectivity index (χ0) is 17.4. The number of benzene rings is 1. The van der Waals surface area contributed by atoms with E-state index in [-0.39, 0.29) is 11.5 Å². The molecule has 1 aromatic carbocycles. The summed E-state index contributed by atoms with van der Waals surface area (Å²) in [5, 5.41) is 4.48. The average Bonchev–Trinajstić information content (AvgIpc) is 3.02. The van der Waals surface area contributed by atoms with Gasteiger partial charge in [-0.2, -0.15) is 5.10 Å². The van der Waals surface area contributed by atoms with Gasteiger partial charge in [-0.15, -0.1) is 0 Å². The Labute approximate surface area is 156 Å². The number of rotatable bonds is 2. The zero-order valence-corrected chi connectivity index (χ0v) is 15.3. The molecule has 1 aliphatic rings. The van der Waals surface area contributed by atoms with Crippen molar-refractivity contribution in [1.29, 1.82) is 0 Å². The number of nitrogens with zero attached hydrogens (tertiary/aromatic N) is 4. The molecule has 0 unspecified atom stereocenters. The smallest absolute Gasteiger partial charge is 0.256 e. The van der Waals surface area contributed by atoms with Gasteiger partial charge in [0.05, 0.1) is 30.7 Å². The molecule has 2 aromatic heterocycles. The fraction of sp³-hybridized carbons (Fsp3) is 0.235. The Balaban J connectivity index is 1.66. The summed E-state index contributed by atoms with van der Waals surface area (Å²) in [6, 6.07) is 8.21. The Bertz CT molecular complexity index is 953. The van der Waals surface area contributed by atoms with E-state index in [2.05, 4.69) is 32.7 Å². The van der Waals surface area contributed by atoms with Gasteiger partial charge in [0, 0.05) is 18.7 Å². The summed E-state index contributed by atoms with van der Waals surface area (Å²) in [4.78, 5) is 18.3. The van der Waals surface area contributed by atoms with Gasteiger partial charge in [-0.1, -0.05) is 6.07 Å². The first-order valence-corrected chi connectivity index (χ1v) is 8.88. The van der Waals surface area contributed by atoms with Crippen LogP contribution in [-0.2, 0) is 4.74 Å². The molecule has 0 atom stereocenters. The van der Waals surface area contributed by atoms with Crippen LogP contribution in [-0.4, -0.2) is 51.7 Å². The first-order chi connectivity index (χ1) is 12.1. The number of hydrogen-bond acceptors (Lipinski definition) is 4. The van der Waals surface area contributed by atoms with Crippen LogP contribution in [0.4, 0.5) is 4.39 Å². The van der Waals surface area contributed by atoms with Gasteiger partial charge in [0.1, 0.15) is 9.52 Å². The molecule has 0 bridgehead atoms. The van der Waals surface area contributed by atoms with E-state index in [4.69, 9.17) is 4.74 Å². The lowest BCUT2D eigenvalue weighted by molar-refractivity contribution is 0.0300. The molecule has 4 rings (SSSR count). The highest BCUT2D eigenvalue weighted by Crippen LogP contribution is 2.22. The van der Waals surface area contributed by atoms with Crippen LogP contribution in [0.2, 0.25) is 0 Å². The largest absolute Gasteiger partial charge is 0.378 e. The summed E-state index contributed by atoms with van der Waals surface area (Å²) in [5.74, 6) is -0.851. The number of carbonyl (C=O) groups is 1. The van der Waals surface area contributed by atoms with Crippen LogP contribution >= 0.6 is 22.6 Å². The lowest BCUT2D eigenvalue weighted by atomic mass is 10.1. The predicted molar refractivity (Wildman–Crippen MR) is 97.8 cm³/mol. The van der Waals surface area contributed by atoms with Gasteiger partial charge in [-0.3, -0.25) is 4.79 Å². The van der Waals surface area contributed by atoms with Crippen molar-refractivity contribution in [2.75, 3.05) is 26.3 Å². The van der Waals surface area contributed by atoms with Crippen molar-refractivity contribution in [3.05, 3.63) is 51.6 Å². The summed E-state index contributed by atoms with van der Waals surface area (Å²) in [6.07, 6.45) is 1.72. The number of hydrogen-bond donors (Lipinski definition) is 0. The molecule has 1 aliphatic heterocycles. The van der Waals surface area contributed by atoms with Crippen LogP contribution in [0.3, 0.4) is 0 Å². The Morgan fingerprint density at radius 1 is 1.20 bits per heavy atom. The Kier molecular flexibility index (Phi) is 4.38. The van der Waals surface area contributed by atoms with Crippen molar-refractivity contribution in [3.8, 4) is 11.3 Å². The molecule has 3 heterocycles. The van der Waals surface area contributed by atoms with Crippen LogP contribution in [0.25, 0.3) is 16.9 Å². The quantitative estimate of drug-likeness (QED) is 0.562. The molecular formula is C17H14FIN4O2. The third-order valence-electron chi connectivity index (χ3n) is 4.11. The van der Waals surface area contributed by atoms with E-state index in [1.165, 1.54) is 12.1 Å². The van der Waals surface area contributed by atoms with E-state index in [9.17, 15) is 9.18 Å². The summed E-state index contributed by atoms with van der Waals surface area (Å²) in [5.41, 5.74) is 2.03. The second-order valence-electron chi connectivity index (χ2n) is 5.67. The van der Waals surface area contributed by atoms with Gasteiger partial charge in [0.15, 0.2) is 5.65 Å². The normalized spacial score (nSPS) is 14.9. The minimum atomic E-state index is -0.545. The molecule has 6 nitrogen and oxygen atoms in total. The maximum Gasteiger partial charge on any atom is 0.256 e. The predicted octanol–water partition coefficient (Wildman–Crippen LogP) is 2.61. The topological polar surface area (TPSA) is 59.7 Å². The second-order valence-corrected chi connectivity index (χ2v) is 6.77. The SMILES string of the molecule is O=C(c1ccc(-c2ccc3ncc(I)n3n2)cc1F)N1CCOCC1. The monoisotopic (exact) mass is 452 g/mol. The van der Waals surface area contributed by atoms with Gasteiger partial charge in [0.2, 0.25) is 0 Å². The van der Waals surface area contributed by atoms with E-state index in [1.807, 2.05) is 6.07 Å². The van der Waals surface area contributed by atoms with Crippen molar-refractivity contribution in [2.45, 2.75) is 0 Å². The number of aromatic nitrogens is 3. The minimum Gasteiger partial charge on any atom is -0.378 e. The van der Waals surface area contributed by atoms with Crippen molar-refractivity contribution >= 4 is 34.1 Å². The number of morpholine rings is 1. The number of imidazole rings is 1. The van der Waals surface area contributed by atoms with Crippen LogP contribution in [0.1, 0.15) is 10.4 Å². The lowest BCUT2D eigenvalue weighted by Crippen LogP contribution is -2.41. The highest BCUT2D eigenvalue weighted by molar-refractivity contribution is 14.1. The number of ether oxygens (including phenoxy) is 1. The fourth-order valence-corrected chi connectivity index (χ4v) is 3.28. The van der Waals surface area contributed by atoms with Crippen molar-refractivity contribution in [3.63, 3.8) is 0 Å². The Morgan fingerprint density at radius 2 is 2.00 bits per heavy atom. The van der Waals surface area contributed by atoms with E-state index in [0.717, 1.165) is 9.35 Å². The maximum atomic E-state index is 14.5. The van der Waals surface area contributed by atoms with Crippen molar-refractivity contribution in [1.82, 2.24) is 19.5 Å². The van der Waals surface area contributed by atoms with E-state index in [1.54, 1.807) is 27.7 Å². The number of amides is 1. The molecule has 0 N–H and O–H groups in total. The molecule has 3 aromatic rings. The number of halogens is 2. The molecule has 0 spiro atoms. The highest BCUT2D eigenvalue weighted by atomic mass is 127. The molecule has 1 fully saturated rings. The zero-order valence-electron chi connectivity index (χ0n) is 13.2. The molecule has 0 radical (unpaired) electrons. The van der Waals surface area contributed by atoms with Gasteiger partial charge in [-0.05, 0) is 46.9 Å². The van der Waals surface area contributed by atoms with E-state index >= 15 is 0 Å². The Morgan fingerprint density at radius 3 is 2.76 bits per heavy atom. The molecule has 0 aliphatic carbocycles. The Hall–Kier alpha value is -2.07. The highest BCUT2D eigenvalue weighted by Gasteiger charge is 2.21. The van der Waals surface area contributed by atoms with Gasteiger partial charge < -0.3 is 9.64 Å². The molecule has 0 saturated carbocycles. The summed E-state index contributed by atoms with van der Waals surface area (Å²) in [7, 11) is 0. The number of carbonyl (C=O) groups excluding carboxylic acids is 1. The van der Waals surface area contributed by atoms with Crippen molar-refractivity contribution < 1.29 is 13.9 Å².